The Balaban J connectivity index is 2.16. The highest BCUT2D eigenvalue weighted by Crippen LogP contribution is 2.45. The van der Waals surface area contributed by atoms with Gasteiger partial charge in [0, 0.05) is 11.1 Å². The molecule has 0 atom stereocenters. The fourth-order valence-electron chi connectivity index (χ4n) is 3.57. The lowest BCUT2D eigenvalue weighted by atomic mass is 9.91. The summed E-state index contributed by atoms with van der Waals surface area (Å²) < 4.78 is 11.4. The fraction of sp³-hybridized carbons (Fsp3) is 0.130. The van der Waals surface area contributed by atoms with Crippen LogP contribution in [-0.2, 0) is 6.61 Å². The van der Waals surface area contributed by atoms with Crippen molar-refractivity contribution in [3.05, 3.63) is 72.3 Å². The molecule has 4 aromatic rings. The van der Waals surface area contributed by atoms with Crippen LogP contribution in [0.15, 0.2) is 66.7 Å². The van der Waals surface area contributed by atoms with E-state index in [2.05, 4.69) is 18.2 Å². The molecule has 0 aromatic heterocycles. The number of fused-ring (bicyclic) bond motifs is 2. The van der Waals surface area contributed by atoms with Crippen molar-refractivity contribution in [2.24, 2.45) is 0 Å². The van der Waals surface area contributed by atoms with Gasteiger partial charge in [0.15, 0.2) is 0 Å². The first-order valence-corrected chi connectivity index (χ1v) is 8.53. The Morgan fingerprint density at radius 3 is 1.96 bits per heavy atom. The van der Waals surface area contributed by atoms with E-state index in [9.17, 15) is 5.11 Å². The number of aliphatic hydroxyl groups is 1. The second-order valence-electron chi connectivity index (χ2n) is 6.22. The predicted octanol–water partition coefficient (Wildman–Crippen LogP) is 5.17. The molecule has 0 spiro atoms. The third kappa shape index (κ3) is 2.57. The summed E-state index contributed by atoms with van der Waals surface area (Å²) in [6.45, 7) is 0.0227. The van der Waals surface area contributed by atoms with Crippen LogP contribution in [0.5, 0.6) is 11.5 Å². The van der Waals surface area contributed by atoms with E-state index in [0.717, 1.165) is 49.7 Å². The van der Waals surface area contributed by atoms with E-state index in [0.29, 0.717) is 0 Å². The maximum absolute atomic E-state index is 9.46. The lowest BCUT2D eigenvalue weighted by Crippen LogP contribution is -1.95. The zero-order chi connectivity index (χ0) is 18.1. The molecule has 26 heavy (non-hydrogen) atoms. The number of methoxy groups -OCH3 is 2. The van der Waals surface area contributed by atoms with Gasteiger partial charge in [-0.05, 0) is 45.3 Å². The van der Waals surface area contributed by atoms with Crippen LogP contribution in [-0.4, -0.2) is 19.3 Å². The number of ether oxygens (including phenoxy) is 2. The average molecular weight is 344 g/mol. The van der Waals surface area contributed by atoms with Crippen molar-refractivity contribution in [3.8, 4) is 22.6 Å². The largest absolute Gasteiger partial charge is 0.496 e. The predicted molar refractivity (Wildman–Crippen MR) is 106 cm³/mol. The lowest BCUT2D eigenvalue weighted by molar-refractivity contribution is 0.282. The highest BCUT2D eigenvalue weighted by molar-refractivity contribution is 6.09. The molecule has 4 rings (SSSR count). The zero-order valence-electron chi connectivity index (χ0n) is 14.8. The van der Waals surface area contributed by atoms with Gasteiger partial charge in [0.1, 0.15) is 11.5 Å². The van der Waals surface area contributed by atoms with Crippen LogP contribution < -0.4 is 9.47 Å². The van der Waals surface area contributed by atoms with E-state index < -0.39 is 0 Å². The second-order valence-corrected chi connectivity index (χ2v) is 6.22. The monoisotopic (exact) mass is 344 g/mol. The minimum atomic E-state index is 0.0227. The highest BCUT2D eigenvalue weighted by atomic mass is 16.5. The molecule has 0 fully saturated rings. The maximum Gasteiger partial charge on any atom is 0.127 e. The molecule has 130 valence electrons. The van der Waals surface area contributed by atoms with Crippen molar-refractivity contribution in [3.63, 3.8) is 0 Å². The molecule has 1 N–H and O–H groups in total. The number of rotatable bonds is 4. The van der Waals surface area contributed by atoms with Crippen molar-refractivity contribution in [1.29, 1.82) is 0 Å². The van der Waals surface area contributed by atoms with Gasteiger partial charge in [-0.3, -0.25) is 0 Å². The molecular weight excluding hydrogens is 324 g/mol. The van der Waals surface area contributed by atoms with Crippen molar-refractivity contribution < 1.29 is 14.6 Å². The summed E-state index contributed by atoms with van der Waals surface area (Å²) in [4.78, 5) is 0. The van der Waals surface area contributed by atoms with Crippen LogP contribution in [0.25, 0.3) is 32.7 Å². The second kappa shape index (κ2) is 6.70. The molecule has 0 unspecified atom stereocenters. The Bertz CT molecular complexity index is 1100. The standard InChI is InChI=1S/C23H20O3/c1-25-20-11-8-16-5-3-4-6-18(16)22(20)23-19-10-7-15(14-24)13-17(19)9-12-21(23)26-2/h3-13,24H,14H2,1-2H3. The van der Waals surface area contributed by atoms with Crippen LogP contribution >= 0.6 is 0 Å². The molecule has 0 bridgehead atoms. The van der Waals surface area contributed by atoms with E-state index in [1.807, 2.05) is 48.5 Å². The van der Waals surface area contributed by atoms with Gasteiger partial charge < -0.3 is 14.6 Å². The van der Waals surface area contributed by atoms with Gasteiger partial charge in [0.2, 0.25) is 0 Å². The number of aliphatic hydroxyl groups excluding tert-OH is 1. The van der Waals surface area contributed by atoms with Gasteiger partial charge in [-0.25, -0.2) is 0 Å². The van der Waals surface area contributed by atoms with Crippen molar-refractivity contribution >= 4 is 21.5 Å². The Morgan fingerprint density at radius 2 is 1.31 bits per heavy atom. The summed E-state index contributed by atoms with van der Waals surface area (Å²) >= 11 is 0. The summed E-state index contributed by atoms with van der Waals surface area (Å²) in [6, 6.07) is 22.3. The summed E-state index contributed by atoms with van der Waals surface area (Å²) in [5.74, 6) is 1.60. The van der Waals surface area contributed by atoms with Crippen LogP contribution in [0.2, 0.25) is 0 Å². The van der Waals surface area contributed by atoms with Gasteiger partial charge in [0.05, 0.1) is 20.8 Å². The molecule has 3 nitrogen and oxygen atoms in total. The lowest BCUT2D eigenvalue weighted by Gasteiger charge is -2.18. The first-order chi connectivity index (χ1) is 12.8. The Hall–Kier alpha value is -3.04. The third-order valence-electron chi connectivity index (χ3n) is 4.81. The molecule has 0 saturated carbocycles. The Kier molecular flexibility index (Phi) is 4.23. The van der Waals surface area contributed by atoms with Crippen LogP contribution in [0, 0.1) is 0 Å². The molecule has 3 heteroatoms. The first-order valence-electron chi connectivity index (χ1n) is 8.53. The van der Waals surface area contributed by atoms with Crippen LogP contribution in [0.4, 0.5) is 0 Å². The summed E-state index contributed by atoms with van der Waals surface area (Å²) in [5, 5.41) is 13.8. The Morgan fingerprint density at radius 1 is 0.692 bits per heavy atom. The molecule has 0 aliphatic rings. The van der Waals surface area contributed by atoms with E-state index >= 15 is 0 Å². The fourth-order valence-corrected chi connectivity index (χ4v) is 3.57. The minimum Gasteiger partial charge on any atom is -0.496 e. The first kappa shape index (κ1) is 16.4. The minimum absolute atomic E-state index is 0.0227. The summed E-state index contributed by atoms with van der Waals surface area (Å²) in [6.07, 6.45) is 0. The van der Waals surface area contributed by atoms with Crippen LogP contribution in [0.1, 0.15) is 5.56 Å². The molecule has 0 amide bonds. The molecule has 0 aliphatic heterocycles. The van der Waals surface area contributed by atoms with Gasteiger partial charge in [-0.1, -0.05) is 48.5 Å². The Labute approximate surface area is 152 Å². The molecule has 4 aromatic carbocycles. The van der Waals surface area contributed by atoms with Gasteiger partial charge in [0.25, 0.3) is 0 Å². The van der Waals surface area contributed by atoms with E-state index in [-0.39, 0.29) is 6.61 Å². The summed E-state index contributed by atoms with van der Waals surface area (Å²) in [5.41, 5.74) is 2.91. The maximum atomic E-state index is 9.46. The van der Waals surface area contributed by atoms with Gasteiger partial charge >= 0.3 is 0 Å². The average Bonchev–Trinajstić information content (AvgIpc) is 2.71. The number of hydrogen-bond acceptors (Lipinski definition) is 3. The van der Waals surface area contributed by atoms with E-state index in [1.165, 1.54) is 0 Å². The van der Waals surface area contributed by atoms with E-state index in [4.69, 9.17) is 9.47 Å². The topological polar surface area (TPSA) is 38.7 Å². The quantitative estimate of drug-likeness (QED) is 0.555. The van der Waals surface area contributed by atoms with Gasteiger partial charge in [-0.2, -0.15) is 0 Å². The SMILES string of the molecule is COc1ccc2ccccc2c1-c1c(OC)ccc2cc(CO)ccc12. The molecule has 0 radical (unpaired) electrons. The van der Waals surface area contributed by atoms with Crippen molar-refractivity contribution in [2.45, 2.75) is 6.61 Å². The molecule has 0 aliphatic carbocycles. The smallest absolute Gasteiger partial charge is 0.127 e. The molecular formula is C23H20O3. The van der Waals surface area contributed by atoms with Crippen LogP contribution in [0.3, 0.4) is 0 Å². The van der Waals surface area contributed by atoms with Crippen molar-refractivity contribution in [1.82, 2.24) is 0 Å². The van der Waals surface area contributed by atoms with Gasteiger partial charge in [-0.15, -0.1) is 0 Å². The number of hydrogen-bond donors (Lipinski definition) is 1. The van der Waals surface area contributed by atoms with E-state index in [1.54, 1.807) is 14.2 Å². The molecule has 0 heterocycles. The summed E-state index contributed by atoms with van der Waals surface area (Å²) in [7, 11) is 3.37. The third-order valence-corrected chi connectivity index (χ3v) is 4.81. The normalized spacial score (nSPS) is 11.0. The highest BCUT2D eigenvalue weighted by Gasteiger charge is 2.18. The van der Waals surface area contributed by atoms with Crippen molar-refractivity contribution in [2.75, 3.05) is 14.2 Å². The number of benzene rings is 4. The zero-order valence-corrected chi connectivity index (χ0v) is 14.8. The molecule has 0 saturated heterocycles.